The van der Waals surface area contributed by atoms with E-state index in [9.17, 15) is 13.6 Å². The molecule has 1 rings (SSSR count). The number of rotatable bonds is 3. The summed E-state index contributed by atoms with van der Waals surface area (Å²) in [5.41, 5.74) is -0.293. The minimum atomic E-state index is -2.77. The molecule has 0 aliphatic heterocycles. The van der Waals surface area contributed by atoms with E-state index in [-0.39, 0.29) is 11.4 Å². The fraction of sp³-hybridized carbons (Fsp3) is 0.400. The number of aromatic nitrogens is 1. The number of ether oxygens (including phenoxy) is 2. The molecule has 1 heterocycles. The average molecular weight is 231 g/mol. The topological polar surface area (TPSA) is 48.4 Å². The molecule has 0 saturated heterocycles. The van der Waals surface area contributed by atoms with Gasteiger partial charge in [0.2, 0.25) is 0 Å². The predicted octanol–water partition coefficient (Wildman–Crippen LogP) is 2.12. The van der Waals surface area contributed by atoms with Gasteiger partial charge in [0.25, 0.3) is 6.43 Å². The van der Waals surface area contributed by atoms with E-state index in [0.29, 0.717) is 5.56 Å². The molecule has 16 heavy (non-hydrogen) atoms. The molecule has 1 aromatic rings. The fourth-order valence-electron chi connectivity index (χ4n) is 1.22. The lowest BCUT2D eigenvalue weighted by atomic mass is 10.1. The van der Waals surface area contributed by atoms with Crippen LogP contribution in [0.1, 0.15) is 28.2 Å². The molecule has 4 nitrogen and oxygen atoms in total. The van der Waals surface area contributed by atoms with Crippen LogP contribution >= 0.6 is 0 Å². The highest BCUT2D eigenvalue weighted by Gasteiger charge is 2.20. The Morgan fingerprint density at radius 3 is 2.50 bits per heavy atom. The van der Waals surface area contributed by atoms with Crippen molar-refractivity contribution in [1.29, 1.82) is 0 Å². The van der Waals surface area contributed by atoms with Crippen molar-refractivity contribution in [2.45, 2.75) is 13.3 Å². The zero-order valence-corrected chi connectivity index (χ0v) is 9.08. The van der Waals surface area contributed by atoms with E-state index >= 15 is 0 Å². The molecule has 0 unspecified atom stereocenters. The van der Waals surface area contributed by atoms with Crippen LogP contribution < -0.4 is 4.74 Å². The summed E-state index contributed by atoms with van der Waals surface area (Å²) in [5.74, 6) is -0.580. The summed E-state index contributed by atoms with van der Waals surface area (Å²) in [6, 6.07) is 1.10. The number of alkyl halides is 2. The highest BCUT2D eigenvalue weighted by atomic mass is 19.3. The molecule has 0 fully saturated rings. The summed E-state index contributed by atoms with van der Waals surface area (Å²) >= 11 is 0. The van der Waals surface area contributed by atoms with Gasteiger partial charge in [-0.05, 0) is 6.92 Å². The molecule has 0 amide bonds. The van der Waals surface area contributed by atoms with Crippen LogP contribution in [-0.2, 0) is 4.74 Å². The first-order valence-electron chi connectivity index (χ1n) is 4.43. The smallest absolute Gasteiger partial charge is 0.357 e. The van der Waals surface area contributed by atoms with E-state index in [0.717, 1.165) is 13.2 Å². The molecule has 0 aromatic carbocycles. The van der Waals surface area contributed by atoms with Crippen molar-refractivity contribution in [2.75, 3.05) is 14.2 Å². The Bertz CT molecular complexity index is 407. The minimum absolute atomic E-state index is 0.155. The predicted molar refractivity (Wildman–Crippen MR) is 51.8 cm³/mol. The van der Waals surface area contributed by atoms with Gasteiger partial charge in [0, 0.05) is 11.6 Å². The maximum absolute atomic E-state index is 12.5. The molecule has 0 N–H and O–H groups in total. The Morgan fingerprint density at radius 1 is 1.44 bits per heavy atom. The molecule has 1 aromatic heterocycles. The van der Waals surface area contributed by atoms with Gasteiger partial charge in [-0.25, -0.2) is 18.6 Å². The second-order valence-corrected chi connectivity index (χ2v) is 3.02. The van der Waals surface area contributed by atoms with Crippen molar-refractivity contribution in [2.24, 2.45) is 0 Å². The Hall–Kier alpha value is -1.72. The van der Waals surface area contributed by atoms with Gasteiger partial charge in [-0.15, -0.1) is 0 Å². The van der Waals surface area contributed by atoms with E-state index < -0.39 is 18.1 Å². The molecule has 6 heteroatoms. The van der Waals surface area contributed by atoms with Crippen molar-refractivity contribution >= 4 is 5.97 Å². The van der Waals surface area contributed by atoms with Crippen LogP contribution in [0.25, 0.3) is 0 Å². The molecule has 0 radical (unpaired) electrons. The number of carbonyl (C=O) groups excluding carboxylic acids is 1. The largest absolute Gasteiger partial charge is 0.496 e. The lowest BCUT2D eigenvalue weighted by molar-refractivity contribution is 0.0590. The van der Waals surface area contributed by atoms with Gasteiger partial charge < -0.3 is 9.47 Å². The monoisotopic (exact) mass is 231 g/mol. The van der Waals surface area contributed by atoms with Gasteiger partial charge in [0.1, 0.15) is 11.4 Å². The third kappa shape index (κ3) is 2.26. The number of nitrogens with zero attached hydrogens (tertiary/aromatic N) is 1. The summed E-state index contributed by atoms with van der Waals surface area (Å²) in [7, 11) is 2.49. The van der Waals surface area contributed by atoms with Crippen LogP contribution in [0.4, 0.5) is 8.78 Å². The molecule has 0 aliphatic carbocycles. The van der Waals surface area contributed by atoms with E-state index in [1.807, 2.05) is 0 Å². The number of pyridine rings is 1. The summed E-state index contributed by atoms with van der Waals surface area (Å²) in [6.45, 7) is 1.55. The van der Waals surface area contributed by atoms with Gasteiger partial charge in [0.05, 0.1) is 14.2 Å². The number of hydrogen-bond acceptors (Lipinski definition) is 4. The number of methoxy groups -OCH3 is 2. The number of halogens is 2. The fourth-order valence-corrected chi connectivity index (χ4v) is 1.22. The van der Waals surface area contributed by atoms with E-state index in [1.165, 1.54) is 7.11 Å². The molecular weight excluding hydrogens is 220 g/mol. The van der Waals surface area contributed by atoms with Crippen LogP contribution in [0.3, 0.4) is 0 Å². The van der Waals surface area contributed by atoms with Gasteiger partial charge in [-0.3, -0.25) is 0 Å². The first-order chi connectivity index (χ1) is 7.51. The summed E-state index contributed by atoms with van der Waals surface area (Å²) in [4.78, 5) is 14.8. The molecule has 0 spiro atoms. The lowest BCUT2D eigenvalue weighted by Crippen LogP contribution is -2.10. The number of esters is 1. The summed E-state index contributed by atoms with van der Waals surface area (Å²) in [5, 5.41) is 0. The second kappa shape index (κ2) is 4.87. The molecule has 0 bridgehead atoms. The Balaban J connectivity index is 3.35. The normalized spacial score (nSPS) is 10.4. The minimum Gasteiger partial charge on any atom is -0.496 e. The molecule has 0 aliphatic rings. The van der Waals surface area contributed by atoms with Crippen LogP contribution in [0.15, 0.2) is 6.07 Å². The quantitative estimate of drug-likeness (QED) is 0.747. The number of carbonyl (C=O) groups is 1. The highest BCUT2D eigenvalue weighted by molar-refractivity contribution is 5.89. The second-order valence-electron chi connectivity index (χ2n) is 3.02. The lowest BCUT2D eigenvalue weighted by Gasteiger charge is -2.10. The Morgan fingerprint density at radius 2 is 2.06 bits per heavy atom. The highest BCUT2D eigenvalue weighted by Crippen LogP contribution is 2.26. The van der Waals surface area contributed by atoms with Gasteiger partial charge in [-0.2, -0.15) is 0 Å². The molecule has 0 saturated carbocycles. The Kier molecular flexibility index (Phi) is 3.76. The van der Waals surface area contributed by atoms with Crippen LogP contribution in [0.5, 0.6) is 5.75 Å². The summed E-state index contributed by atoms with van der Waals surface area (Å²) < 4.78 is 34.3. The van der Waals surface area contributed by atoms with Crippen molar-refractivity contribution in [3.8, 4) is 5.75 Å². The maximum atomic E-state index is 12.5. The maximum Gasteiger partial charge on any atom is 0.357 e. The van der Waals surface area contributed by atoms with Crippen molar-refractivity contribution < 1.29 is 23.0 Å². The third-order valence-electron chi connectivity index (χ3n) is 2.07. The molecular formula is C10H11F2NO3. The Labute approximate surface area is 91.2 Å². The van der Waals surface area contributed by atoms with Crippen molar-refractivity contribution in [1.82, 2.24) is 4.98 Å². The first-order valence-corrected chi connectivity index (χ1v) is 4.43. The van der Waals surface area contributed by atoms with Crippen LogP contribution in [0, 0.1) is 6.92 Å². The first kappa shape index (κ1) is 12.4. The number of hydrogen-bond donors (Lipinski definition) is 0. The van der Waals surface area contributed by atoms with Gasteiger partial charge in [0.15, 0.2) is 5.69 Å². The van der Waals surface area contributed by atoms with E-state index in [4.69, 9.17) is 4.74 Å². The van der Waals surface area contributed by atoms with E-state index in [1.54, 1.807) is 6.92 Å². The van der Waals surface area contributed by atoms with Crippen LogP contribution in [0.2, 0.25) is 0 Å². The summed E-state index contributed by atoms with van der Waals surface area (Å²) in [6.07, 6.45) is -2.77. The van der Waals surface area contributed by atoms with Gasteiger partial charge in [-0.1, -0.05) is 0 Å². The average Bonchev–Trinajstić information content (AvgIpc) is 2.28. The SMILES string of the molecule is COC(=O)c1nc(C(F)F)cc(OC)c1C. The zero-order valence-electron chi connectivity index (χ0n) is 9.08. The standard InChI is InChI=1S/C10H11F2NO3/c1-5-7(15-2)4-6(9(11)12)13-8(5)10(14)16-3/h4,9H,1-3H3. The van der Waals surface area contributed by atoms with E-state index in [2.05, 4.69) is 9.72 Å². The molecule has 88 valence electrons. The zero-order chi connectivity index (χ0) is 12.3. The van der Waals surface area contributed by atoms with Crippen molar-refractivity contribution in [3.05, 3.63) is 23.0 Å². The van der Waals surface area contributed by atoms with Gasteiger partial charge >= 0.3 is 5.97 Å². The third-order valence-corrected chi connectivity index (χ3v) is 2.07. The molecule has 0 atom stereocenters. The van der Waals surface area contributed by atoms with Crippen LogP contribution in [-0.4, -0.2) is 25.2 Å². The van der Waals surface area contributed by atoms with Crippen molar-refractivity contribution in [3.63, 3.8) is 0 Å².